The molecule has 0 aliphatic rings. The van der Waals surface area contributed by atoms with Crippen LogP contribution < -0.4 is 0 Å². The molecule has 1 aromatic carbocycles. The van der Waals surface area contributed by atoms with Gasteiger partial charge in [-0.3, -0.25) is 0 Å². The second kappa shape index (κ2) is 5.26. The van der Waals surface area contributed by atoms with E-state index in [4.69, 9.17) is 9.15 Å². The van der Waals surface area contributed by atoms with Crippen LogP contribution in [0.25, 0.3) is 11.5 Å². The van der Waals surface area contributed by atoms with Crippen molar-refractivity contribution in [1.82, 2.24) is 10.2 Å². The maximum atomic E-state index is 13.3. The van der Waals surface area contributed by atoms with Crippen molar-refractivity contribution in [1.29, 1.82) is 0 Å². The maximum Gasteiger partial charge on any atom is 0.396 e. The van der Waals surface area contributed by atoms with Gasteiger partial charge in [0.25, 0.3) is 0 Å². The number of carbonyl (C=O) groups is 1. The molecular weight excluding hydrogens is 307 g/mol. The van der Waals surface area contributed by atoms with Crippen molar-refractivity contribution < 1.29 is 18.3 Å². The highest BCUT2D eigenvalue weighted by atomic mass is 79.9. The molecule has 0 atom stereocenters. The number of rotatable bonds is 3. The zero-order valence-corrected chi connectivity index (χ0v) is 10.9. The topological polar surface area (TPSA) is 65.2 Å². The first-order valence-electron chi connectivity index (χ1n) is 5.08. The first kappa shape index (κ1) is 12.7. The molecule has 1 heterocycles. The first-order valence-corrected chi connectivity index (χ1v) is 5.87. The van der Waals surface area contributed by atoms with Gasteiger partial charge in [0, 0.05) is 0 Å². The minimum Gasteiger partial charge on any atom is -0.459 e. The lowest BCUT2D eigenvalue weighted by Crippen LogP contribution is -2.04. The summed E-state index contributed by atoms with van der Waals surface area (Å²) in [5, 5.41) is 7.22. The SMILES string of the molecule is CCOC(=O)c1nnc(-c2cccc(F)c2Br)o1. The predicted octanol–water partition coefficient (Wildman–Crippen LogP) is 2.81. The van der Waals surface area contributed by atoms with Crippen molar-refractivity contribution in [2.75, 3.05) is 6.61 Å². The number of hydrogen-bond acceptors (Lipinski definition) is 5. The Morgan fingerprint density at radius 2 is 2.28 bits per heavy atom. The van der Waals surface area contributed by atoms with Gasteiger partial charge in [-0.1, -0.05) is 6.07 Å². The van der Waals surface area contributed by atoms with Crippen molar-refractivity contribution in [2.45, 2.75) is 6.92 Å². The predicted molar refractivity (Wildman–Crippen MR) is 63.3 cm³/mol. The van der Waals surface area contributed by atoms with Gasteiger partial charge in [-0.2, -0.15) is 0 Å². The second-order valence-electron chi connectivity index (χ2n) is 3.23. The van der Waals surface area contributed by atoms with Crippen LogP contribution in [-0.4, -0.2) is 22.8 Å². The fourth-order valence-electron chi connectivity index (χ4n) is 1.28. The van der Waals surface area contributed by atoms with Gasteiger partial charge >= 0.3 is 11.9 Å². The smallest absolute Gasteiger partial charge is 0.396 e. The summed E-state index contributed by atoms with van der Waals surface area (Å²) < 4.78 is 23.4. The van der Waals surface area contributed by atoms with Gasteiger partial charge in [-0.05, 0) is 35.0 Å². The third-order valence-electron chi connectivity index (χ3n) is 2.06. The molecule has 0 saturated heterocycles. The van der Waals surface area contributed by atoms with Crippen LogP contribution in [0.5, 0.6) is 0 Å². The minimum absolute atomic E-state index is 0.0458. The summed E-state index contributed by atoms with van der Waals surface area (Å²) >= 11 is 3.07. The molecule has 1 aromatic heterocycles. The lowest BCUT2D eigenvalue weighted by molar-refractivity contribution is 0.0481. The van der Waals surface area contributed by atoms with E-state index >= 15 is 0 Å². The Hall–Kier alpha value is -1.76. The highest BCUT2D eigenvalue weighted by Gasteiger charge is 2.19. The molecule has 7 heteroatoms. The van der Waals surface area contributed by atoms with Crippen molar-refractivity contribution in [3.05, 3.63) is 34.4 Å². The third kappa shape index (κ3) is 2.40. The van der Waals surface area contributed by atoms with Gasteiger partial charge in [0.15, 0.2) is 0 Å². The van der Waals surface area contributed by atoms with Gasteiger partial charge in [-0.25, -0.2) is 9.18 Å². The number of benzene rings is 1. The van der Waals surface area contributed by atoms with Crippen LogP contribution >= 0.6 is 15.9 Å². The van der Waals surface area contributed by atoms with Crippen LogP contribution in [0.3, 0.4) is 0 Å². The van der Waals surface area contributed by atoms with Crippen LogP contribution in [0, 0.1) is 5.82 Å². The number of ether oxygens (including phenoxy) is 1. The average Bonchev–Trinajstić information content (AvgIpc) is 2.82. The number of halogens is 2. The molecule has 0 bridgehead atoms. The number of carbonyl (C=O) groups excluding carboxylic acids is 1. The number of aromatic nitrogens is 2. The fraction of sp³-hybridized carbons (Fsp3) is 0.182. The molecule has 0 aliphatic carbocycles. The molecular formula is C11H8BrFN2O3. The largest absolute Gasteiger partial charge is 0.459 e. The summed E-state index contributed by atoms with van der Waals surface area (Å²) in [4.78, 5) is 11.3. The highest BCUT2D eigenvalue weighted by Crippen LogP contribution is 2.29. The van der Waals surface area contributed by atoms with Gasteiger partial charge in [0.2, 0.25) is 5.89 Å². The van der Waals surface area contributed by atoms with Gasteiger partial charge in [0.1, 0.15) is 5.82 Å². The Kier molecular flexibility index (Phi) is 3.71. The van der Waals surface area contributed by atoms with Crippen molar-refractivity contribution in [3.8, 4) is 11.5 Å². The monoisotopic (exact) mass is 314 g/mol. The van der Waals surface area contributed by atoms with Crippen LogP contribution in [0.15, 0.2) is 27.1 Å². The summed E-state index contributed by atoms with van der Waals surface area (Å²) in [6.07, 6.45) is 0. The average molecular weight is 315 g/mol. The van der Waals surface area contributed by atoms with Crippen LogP contribution in [0.1, 0.15) is 17.6 Å². The molecule has 2 rings (SSSR count). The third-order valence-corrected chi connectivity index (χ3v) is 2.86. The normalized spacial score (nSPS) is 10.4. The Morgan fingerprint density at radius 3 is 3.00 bits per heavy atom. The Morgan fingerprint density at radius 1 is 1.50 bits per heavy atom. The summed E-state index contributed by atoms with van der Waals surface area (Å²) in [7, 11) is 0. The Labute approximate surface area is 110 Å². The summed E-state index contributed by atoms with van der Waals surface area (Å²) in [5.74, 6) is -1.38. The lowest BCUT2D eigenvalue weighted by Gasteiger charge is -1.99. The molecule has 0 fully saturated rings. The molecule has 0 radical (unpaired) electrons. The van der Waals surface area contributed by atoms with E-state index in [0.29, 0.717) is 5.56 Å². The molecule has 2 aromatic rings. The van der Waals surface area contributed by atoms with Gasteiger partial charge in [0.05, 0.1) is 16.6 Å². The van der Waals surface area contributed by atoms with Crippen LogP contribution in [0.4, 0.5) is 4.39 Å². The number of nitrogens with zero attached hydrogens (tertiary/aromatic N) is 2. The standard InChI is InChI=1S/C11H8BrFN2O3/c1-2-17-11(16)10-15-14-9(18-10)6-4-3-5-7(13)8(6)12/h3-5H,2H2,1H3. The summed E-state index contributed by atoms with van der Waals surface area (Å²) in [5.41, 5.74) is 0.373. The maximum absolute atomic E-state index is 13.3. The van der Waals surface area contributed by atoms with E-state index in [1.807, 2.05) is 0 Å². The summed E-state index contributed by atoms with van der Waals surface area (Å²) in [6.45, 7) is 1.87. The molecule has 0 unspecified atom stereocenters. The molecule has 0 aliphatic heterocycles. The van der Waals surface area contributed by atoms with Crippen molar-refractivity contribution in [3.63, 3.8) is 0 Å². The second-order valence-corrected chi connectivity index (χ2v) is 4.03. The Bertz CT molecular complexity index is 585. The van der Waals surface area contributed by atoms with E-state index in [2.05, 4.69) is 26.1 Å². The lowest BCUT2D eigenvalue weighted by atomic mass is 10.2. The molecule has 5 nitrogen and oxygen atoms in total. The van der Waals surface area contributed by atoms with E-state index in [1.54, 1.807) is 13.0 Å². The molecule has 0 N–H and O–H groups in total. The van der Waals surface area contributed by atoms with E-state index in [9.17, 15) is 9.18 Å². The zero-order chi connectivity index (χ0) is 13.1. The molecule has 0 amide bonds. The molecule has 18 heavy (non-hydrogen) atoms. The number of esters is 1. The van der Waals surface area contributed by atoms with Crippen molar-refractivity contribution >= 4 is 21.9 Å². The molecule has 0 spiro atoms. The number of hydrogen-bond donors (Lipinski definition) is 0. The first-order chi connectivity index (χ1) is 8.63. The molecule has 0 saturated carbocycles. The highest BCUT2D eigenvalue weighted by molar-refractivity contribution is 9.10. The van der Waals surface area contributed by atoms with Gasteiger partial charge < -0.3 is 9.15 Å². The van der Waals surface area contributed by atoms with Crippen LogP contribution in [0.2, 0.25) is 0 Å². The van der Waals surface area contributed by atoms with E-state index in [1.165, 1.54) is 12.1 Å². The van der Waals surface area contributed by atoms with Crippen LogP contribution in [-0.2, 0) is 4.74 Å². The van der Waals surface area contributed by atoms with Crippen molar-refractivity contribution in [2.24, 2.45) is 0 Å². The fourth-order valence-corrected chi connectivity index (χ4v) is 1.71. The Balaban J connectivity index is 2.35. The van der Waals surface area contributed by atoms with Gasteiger partial charge in [-0.15, -0.1) is 10.2 Å². The summed E-state index contributed by atoms with van der Waals surface area (Å²) in [6, 6.07) is 4.38. The zero-order valence-electron chi connectivity index (χ0n) is 9.31. The van der Waals surface area contributed by atoms with E-state index < -0.39 is 11.8 Å². The van der Waals surface area contributed by atoms with E-state index in [-0.39, 0.29) is 22.9 Å². The quantitative estimate of drug-likeness (QED) is 0.815. The minimum atomic E-state index is -0.705. The molecule has 94 valence electrons. The van der Waals surface area contributed by atoms with E-state index in [0.717, 1.165) is 0 Å².